The van der Waals surface area contributed by atoms with Crippen molar-refractivity contribution in [3.63, 3.8) is 0 Å². The molecule has 0 radical (unpaired) electrons. The molecular formula is C7H15NOS. The number of rotatable bonds is 0. The summed E-state index contributed by atoms with van der Waals surface area (Å²) in [5.74, 6) is 1.96. The second-order valence-corrected chi connectivity index (χ2v) is 5.70. The van der Waals surface area contributed by atoms with Crippen molar-refractivity contribution in [3.05, 3.63) is 0 Å². The second-order valence-electron chi connectivity index (χ2n) is 3.26. The smallest absolute Gasteiger partial charge is 0.0441 e. The summed E-state index contributed by atoms with van der Waals surface area (Å²) < 4.78 is 18.6. The van der Waals surface area contributed by atoms with E-state index in [1.54, 1.807) is 0 Å². The maximum Gasteiger partial charge on any atom is 0.0441 e. The topological polar surface area (TPSA) is 40.9 Å². The molecule has 1 saturated heterocycles. The molecule has 2 unspecified atom stereocenters. The number of hydrogen-bond acceptors (Lipinski definition) is 2. The summed E-state index contributed by atoms with van der Waals surface area (Å²) in [6.07, 6.45) is 3.14. The van der Waals surface area contributed by atoms with Crippen LogP contribution in [-0.2, 0) is 9.73 Å². The lowest BCUT2D eigenvalue weighted by molar-refractivity contribution is 0.523. The molecule has 0 aliphatic carbocycles. The van der Waals surface area contributed by atoms with E-state index in [1.807, 2.05) is 0 Å². The average molecular weight is 161 g/mol. The van der Waals surface area contributed by atoms with Gasteiger partial charge in [-0.15, -0.1) is 0 Å². The molecule has 2 nitrogen and oxygen atoms in total. The maximum absolute atomic E-state index is 11.2. The van der Waals surface area contributed by atoms with Crippen molar-refractivity contribution in [3.8, 4) is 0 Å². The summed E-state index contributed by atoms with van der Waals surface area (Å²) >= 11 is 0. The summed E-state index contributed by atoms with van der Waals surface area (Å²) in [5.41, 5.74) is 0. The van der Waals surface area contributed by atoms with Gasteiger partial charge in [-0.1, -0.05) is 6.92 Å². The van der Waals surface area contributed by atoms with E-state index in [2.05, 4.69) is 6.92 Å². The van der Waals surface area contributed by atoms with Crippen LogP contribution in [0.4, 0.5) is 0 Å². The Morgan fingerprint density at radius 2 is 2.10 bits per heavy atom. The lowest BCUT2D eigenvalue weighted by Crippen LogP contribution is -2.06. The molecule has 0 aromatic carbocycles. The van der Waals surface area contributed by atoms with E-state index in [0.29, 0.717) is 17.4 Å². The van der Waals surface area contributed by atoms with Gasteiger partial charge in [0.1, 0.15) is 0 Å². The van der Waals surface area contributed by atoms with Gasteiger partial charge in [-0.05, 0) is 25.2 Å². The van der Waals surface area contributed by atoms with Crippen LogP contribution < -0.4 is 0 Å². The van der Waals surface area contributed by atoms with E-state index in [4.69, 9.17) is 4.78 Å². The molecule has 3 heteroatoms. The second kappa shape index (κ2) is 2.91. The van der Waals surface area contributed by atoms with E-state index >= 15 is 0 Å². The molecule has 2 atom stereocenters. The molecule has 1 heterocycles. The van der Waals surface area contributed by atoms with Crippen LogP contribution in [0.2, 0.25) is 0 Å². The predicted molar refractivity (Wildman–Crippen MR) is 43.6 cm³/mol. The summed E-state index contributed by atoms with van der Waals surface area (Å²) in [5, 5.41) is 0. The Bertz CT molecular complexity index is 196. The van der Waals surface area contributed by atoms with E-state index in [-0.39, 0.29) is 0 Å². The van der Waals surface area contributed by atoms with Gasteiger partial charge in [0.25, 0.3) is 0 Å². The third-order valence-electron chi connectivity index (χ3n) is 2.11. The van der Waals surface area contributed by atoms with Crippen molar-refractivity contribution in [2.24, 2.45) is 5.92 Å². The summed E-state index contributed by atoms with van der Waals surface area (Å²) in [6, 6.07) is 0. The largest absolute Gasteiger partial charge is 0.253 e. The molecule has 1 rings (SSSR count). The highest BCUT2D eigenvalue weighted by Crippen LogP contribution is 2.17. The first-order valence-corrected chi connectivity index (χ1v) is 5.74. The minimum absolute atomic E-state index is 0.633. The third kappa shape index (κ3) is 2.29. The van der Waals surface area contributed by atoms with Gasteiger partial charge in [0.2, 0.25) is 0 Å². The van der Waals surface area contributed by atoms with Crippen molar-refractivity contribution >= 4 is 9.73 Å². The maximum atomic E-state index is 11.2. The molecule has 60 valence electrons. The van der Waals surface area contributed by atoms with Crippen LogP contribution in [0.25, 0.3) is 0 Å². The predicted octanol–water partition coefficient (Wildman–Crippen LogP) is 1.85. The Labute approximate surface area is 63.0 Å². The quantitative estimate of drug-likeness (QED) is 0.578. The zero-order chi connectivity index (χ0) is 7.61. The Morgan fingerprint density at radius 3 is 2.80 bits per heavy atom. The van der Waals surface area contributed by atoms with Crippen molar-refractivity contribution in [2.45, 2.75) is 26.2 Å². The zero-order valence-corrected chi connectivity index (χ0v) is 7.25. The summed E-state index contributed by atoms with van der Waals surface area (Å²) in [6.45, 7) is 2.18. The highest BCUT2D eigenvalue weighted by atomic mass is 32.2. The average Bonchev–Trinajstić information content (AvgIpc) is 1.94. The Morgan fingerprint density at radius 1 is 1.40 bits per heavy atom. The first kappa shape index (κ1) is 8.05. The molecule has 0 aromatic rings. The molecule has 1 fully saturated rings. The van der Waals surface area contributed by atoms with Crippen LogP contribution in [0.1, 0.15) is 26.2 Å². The molecule has 0 amide bonds. The molecular weight excluding hydrogens is 146 g/mol. The first-order valence-electron chi connectivity index (χ1n) is 3.84. The molecule has 1 aliphatic heterocycles. The van der Waals surface area contributed by atoms with Gasteiger partial charge in [0.05, 0.1) is 0 Å². The van der Waals surface area contributed by atoms with Gasteiger partial charge in [0, 0.05) is 21.2 Å². The van der Waals surface area contributed by atoms with E-state index in [1.165, 1.54) is 0 Å². The van der Waals surface area contributed by atoms with Gasteiger partial charge in [-0.2, -0.15) is 0 Å². The SMILES string of the molecule is CC1CCCS(=N)(=O)CC1. The van der Waals surface area contributed by atoms with Crippen LogP contribution in [0.5, 0.6) is 0 Å². The van der Waals surface area contributed by atoms with Gasteiger partial charge >= 0.3 is 0 Å². The van der Waals surface area contributed by atoms with Gasteiger partial charge < -0.3 is 0 Å². The summed E-state index contributed by atoms with van der Waals surface area (Å²) in [4.78, 5) is 0. The highest BCUT2D eigenvalue weighted by Gasteiger charge is 2.14. The van der Waals surface area contributed by atoms with Gasteiger partial charge in [0.15, 0.2) is 0 Å². The first-order chi connectivity index (χ1) is 4.60. The molecule has 1 aliphatic rings. The number of hydrogen-bond donors (Lipinski definition) is 1. The van der Waals surface area contributed by atoms with Gasteiger partial charge in [-0.3, -0.25) is 4.78 Å². The zero-order valence-electron chi connectivity index (χ0n) is 6.43. The van der Waals surface area contributed by atoms with Crippen molar-refractivity contribution < 1.29 is 4.21 Å². The van der Waals surface area contributed by atoms with E-state index in [0.717, 1.165) is 19.3 Å². The fourth-order valence-corrected chi connectivity index (χ4v) is 2.92. The minimum atomic E-state index is -2.15. The molecule has 1 N–H and O–H groups in total. The van der Waals surface area contributed by atoms with Crippen LogP contribution in [0.15, 0.2) is 0 Å². The molecule has 0 spiro atoms. The van der Waals surface area contributed by atoms with Crippen LogP contribution in [0, 0.1) is 10.7 Å². The Balaban J connectivity index is 2.58. The standard InChI is InChI=1S/C7H15NOS/c1-7-3-2-5-10(8,9)6-4-7/h7-8H,2-6H2,1H3. The molecule has 0 aromatic heterocycles. The normalized spacial score (nSPS) is 42.7. The molecule has 0 bridgehead atoms. The van der Waals surface area contributed by atoms with E-state index < -0.39 is 9.73 Å². The molecule has 0 saturated carbocycles. The number of nitrogens with one attached hydrogen (secondary N) is 1. The van der Waals surface area contributed by atoms with Gasteiger partial charge in [-0.25, -0.2) is 4.21 Å². The Kier molecular flexibility index (Phi) is 2.34. The highest BCUT2D eigenvalue weighted by molar-refractivity contribution is 7.92. The molecule has 10 heavy (non-hydrogen) atoms. The van der Waals surface area contributed by atoms with Crippen LogP contribution in [-0.4, -0.2) is 15.7 Å². The third-order valence-corrected chi connectivity index (χ3v) is 3.95. The van der Waals surface area contributed by atoms with Crippen LogP contribution >= 0.6 is 0 Å². The monoisotopic (exact) mass is 161 g/mol. The fraction of sp³-hybridized carbons (Fsp3) is 1.00. The van der Waals surface area contributed by atoms with E-state index in [9.17, 15) is 4.21 Å². The summed E-state index contributed by atoms with van der Waals surface area (Å²) in [7, 11) is -2.15. The van der Waals surface area contributed by atoms with Crippen LogP contribution in [0.3, 0.4) is 0 Å². The lowest BCUT2D eigenvalue weighted by Gasteiger charge is -2.02. The van der Waals surface area contributed by atoms with Crippen molar-refractivity contribution in [1.82, 2.24) is 0 Å². The lowest BCUT2D eigenvalue weighted by atomic mass is 10.0. The van der Waals surface area contributed by atoms with Crippen molar-refractivity contribution in [1.29, 1.82) is 4.78 Å². The Hall–Kier alpha value is -0.0500. The minimum Gasteiger partial charge on any atom is -0.253 e. The van der Waals surface area contributed by atoms with Crippen molar-refractivity contribution in [2.75, 3.05) is 11.5 Å². The fourth-order valence-electron chi connectivity index (χ4n) is 1.30.